The van der Waals surface area contributed by atoms with Crippen molar-refractivity contribution in [2.24, 2.45) is 0 Å². The minimum absolute atomic E-state index is 0.0485. The third kappa shape index (κ3) is 3.48. The highest BCUT2D eigenvalue weighted by atomic mass is 35.5. The van der Waals surface area contributed by atoms with Gasteiger partial charge in [-0.15, -0.1) is 11.6 Å². The zero-order valence-electron chi connectivity index (χ0n) is 11.3. The fraction of sp³-hybridized carbons (Fsp3) is 0.533. The number of hydrogen-bond acceptors (Lipinski definition) is 2. The molecule has 0 spiro atoms. The standard InChI is InChI=1S/C15H20ClNO2/c1-19-10-9-17(8-7-16)15(18)14-6-5-12-3-2-4-13(12)11-14/h5-6,11H,2-4,7-10H2,1H3. The van der Waals surface area contributed by atoms with Crippen molar-refractivity contribution in [1.29, 1.82) is 0 Å². The largest absolute Gasteiger partial charge is 0.383 e. The molecule has 0 N–H and O–H groups in total. The summed E-state index contributed by atoms with van der Waals surface area (Å²) in [6.07, 6.45) is 3.42. The molecular weight excluding hydrogens is 262 g/mol. The van der Waals surface area contributed by atoms with Crippen LogP contribution in [0.15, 0.2) is 18.2 Å². The first-order valence-electron chi connectivity index (χ1n) is 6.72. The Morgan fingerprint density at radius 3 is 2.84 bits per heavy atom. The number of ether oxygens (including phenoxy) is 1. The number of rotatable bonds is 6. The summed E-state index contributed by atoms with van der Waals surface area (Å²) >= 11 is 5.77. The van der Waals surface area contributed by atoms with E-state index in [9.17, 15) is 4.79 Å². The number of benzene rings is 1. The number of alkyl halides is 1. The van der Waals surface area contributed by atoms with Gasteiger partial charge < -0.3 is 9.64 Å². The summed E-state index contributed by atoms with van der Waals surface area (Å²) in [6.45, 7) is 1.67. The topological polar surface area (TPSA) is 29.5 Å². The maximum absolute atomic E-state index is 12.5. The Kier molecular flexibility index (Phi) is 5.23. The molecule has 0 aromatic heterocycles. The minimum Gasteiger partial charge on any atom is -0.383 e. The van der Waals surface area contributed by atoms with E-state index in [4.69, 9.17) is 16.3 Å². The van der Waals surface area contributed by atoms with Gasteiger partial charge in [0.15, 0.2) is 0 Å². The Bertz CT molecular complexity index is 448. The molecule has 1 amide bonds. The van der Waals surface area contributed by atoms with Crippen LogP contribution >= 0.6 is 11.6 Å². The maximum atomic E-state index is 12.5. The van der Waals surface area contributed by atoms with Crippen LogP contribution in [0.2, 0.25) is 0 Å². The van der Waals surface area contributed by atoms with Crippen LogP contribution in [0.4, 0.5) is 0 Å². The summed E-state index contributed by atoms with van der Waals surface area (Å²) in [5.74, 6) is 0.493. The lowest BCUT2D eigenvalue weighted by molar-refractivity contribution is 0.0707. The molecule has 1 aromatic carbocycles. The van der Waals surface area contributed by atoms with E-state index in [1.807, 2.05) is 12.1 Å². The molecule has 1 aliphatic rings. The van der Waals surface area contributed by atoms with E-state index >= 15 is 0 Å². The van der Waals surface area contributed by atoms with E-state index in [1.165, 1.54) is 17.5 Å². The Labute approximate surface area is 119 Å². The van der Waals surface area contributed by atoms with Crippen LogP contribution in [0.3, 0.4) is 0 Å². The maximum Gasteiger partial charge on any atom is 0.253 e. The molecule has 1 aliphatic carbocycles. The van der Waals surface area contributed by atoms with Gasteiger partial charge in [-0.25, -0.2) is 0 Å². The lowest BCUT2D eigenvalue weighted by atomic mass is 10.1. The Morgan fingerprint density at radius 2 is 2.11 bits per heavy atom. The number of methoxy groups -OCH3 is 1. The van der Waals surface area contributed by atoms with Crippen LogP contribution in [0, 0.1) is 0 Å². The minimum atomic E-state index is 0.0485. The molecular formula is C15H20ClNO2. The molecule has 0 aliphatic heterocycles. The van der Waals surface area contributed by atoms with Gasteiger partial charge in [0.25, 0.3) is 5.91 Å². The summed E-state index contributed by atoms with van der Waals surface area (Å²) in [6, 6.07) is 6.06. The van der Waals surface area contributed by atoms with E-state index in [0.29, 0.717) is 25.6 Å². The summed E-state index contributed by atoms with van der Waals surface area (Å²) in [5.41, 5.74) is 3.47. The van der Waals surface area contributed by atoms with Crippen LogP contribution in [-0.2, 0) is 17.6 Å². The van der Waals surface area contributed by atoms with E-state index in [2.05, 4.69) is 6.07 Å². The van der Waals surface area contributed by atoms with Gasteiger partial charge in [0.05, 0.1) is 6.61 Å². The first-order valence-corrected chi connectivity index (χ1v) is 7.25. The number of fused-ring (bicyclic) bond motifs is 1. The van der Waals surface area contributed by atoms with Gasteiger partial charge >= 0.3 is 0 Å². The summed E-state index contributed by atoms with van der Waals surface area (Å²) < 4.78 is 5.04. The number of carbonyl (C=O) groups excluding carboxylic acids is 1. The zero-order valence-corrected chi connectivity index (χ0v) is 12.1. The van der Waals surface area contributed by atoms with Crippen molar-refractivity contribution >= 4 is 17.5 Å². The lowest BCUT2D eigenvalue weighted by Crippen LogP contribution is -2.35. The predicted molar refractivity (Wildman–Crippen MR) is 77.0 cm³/mol. The highest BCUT2D eigenvalue weighted by Crippen LogP contribution is 2.23. The van der Waals surface area contributed by atoms with Gasteiger partial charge in [-0.1, -0.05) is 6.07 Å². The Hall–Kier alpha value is -1.06. The quantitative estimate of drug-likeness (QED) is 0.750. The Balaban J connectivity index is 2.11. The lowest BCUT2D eigenvalue weighted by Gasteiger charge is -2.21. The summed E-state index contributed by atoms with van der Waals surface area (Å²) in [7, 11) is 1.64. The second-order valence-electron chi connectivity index (χ2n) is 4.81. The van der Waals surface area contributed by atoms with Gasteiger partial charge in [-0.3, -0.25) is 4.79 Å². The number of hydrogen-bond donors (Lipinski definition) is 0. The summed E-state index contributed by atoms with van der Waals surface area (Å²) in [5, 5.41) is 0. The second kappa shape index (κ2) is 6.92. The Morgan fingerprint density at radius 1 is 1.32 bits per heavy atom. The van der Waals surface area contributed by atoms with Crippen LogP contribution in [0.5, 0.6) is 0 Å². The van der Waals surface area contributed by atoms with Gasteiger partial charge in [-0.05, 0) is 42.5 Å². The number of amides is 1. The molecule has 0 bridgehead atoms. The van der Waals surface area contributed by atoms with Crippen molar-refractivity contribution in [3.8, 4) is 0 Å². The molecule has 0 heterocycles. The van der Waals surface area contributed by atoms with Gasteiger partial charge in [0, 0.05) is 31.6 Å². The number of nitrogens with zero attached hydrogens (tertiary/aromatic N) is 1. The average Bonchev–Trinajstić information content (AvgIpc) is 2.90. The molecule has 0 fully saturated rings. The summed E-state index contributed by atoms with van der Waals surface area (Å²) in [4.78, 5) is 14.2. The zero-order chi connectivity index (χ0) is 13.7. The van der Waals surface area contributed by atoms with Crippen molar-refractivity contribution in [3.63, 3.8) is 0 Å². The number of halogens is 1. The third-order valence-electron chi connectivity index (χ3n) is 3.55. The van der Waals surface area contributed by atoms with Crippen molar-refractivity contribution in [2.45, 2.75) is 19.3 Å². The fourth-order valence-electron chi connectivity index (χ4n) is 2.51. The van der Waals surface area contributed by atoms with Crippen molar-refractivity contribution in [2.75, 3.05) is 32.7 Å². The molecule has 3 nitrogen and oxygen atoms in total. The van der Waals surface area contributed by atoms with Gasteiger partial charge in [0.1, 0.15) is 0 Å². The molecule has 4 heteroatoms. The van der Waals surface area contributed by atoms with Crippen LogP contribution in [-0.4, -0.2) is 43.5 Å². The molecule has 2 rings (SSSR count). The fourth-order valence-corrected chi connectivity index (χ4v) is 2.71. The van der Waals surface area contributed by atoms with Crippen molar-refractivity contribution in [3.05, 3.63) is 34.9 Å². The second-order valence-corrected chi connectivity index (χ2v) is 5.19. The smallest absolute Gasteiger partial charge is 0.253 e. The van der Waals surface area contributed by atoms with Crippen molar-refractivity contribution in [1.82, 2.24) is 4.90 Å². The van der Waals surface area contributed by atoms with Crippen LogP contribution in [0.1, 0.15) is 27.9 Å². The monoisotopic (exact) mass is 281 g/mol. The average molecular weight is 282 g/mol. The molecule has 0 unspecified atom stereocenters. The van der Waals surface area contributed by atoms with E-state index in [0.717, 1.165) is 18.4 Å². The van der Waals surface area contributed by atoms with E-state index in [-0.39, 0.29) is 5.91 Å². The first kappa shape index (κ1) is 14.4. The highest BCUT2D eigenvalue weighted by molar-refractivity contribution is 6.18. The van der Waals surface area contributed by atoms with Crippen LogP contribution < -0.4 is 0 Å². The SMILES string of the molecule is COCCN(CCCl)C(=O)c1ccc2c(c1)CCC2. The normalized spacial score (nSPS) is 13.4. The van der Waals surface area contributed by atoms with Crippen molar-refractivity contribution < 1.29 is 9.53 Å². The van der Waals surface area contributed by atoms with Gasteiger partial charge in [-0.2, -0.15) is 0 Å². The van der Waals surface area contributed by atoms with E-state index in [1.54, 1.807) is 12.0 Å². The number of carbonyl (C=O) groups is 1. The molecule has 0 saturated carbocycles. The predicted octanol–water partition coefficient (Wildman–Crippen LogP) is 2.50. The van der Waals surface area contributed by atoms with Gasteiger partial charge in [0.2, 0.25) is 0 Å². The van der Waals surface area contributed by atoms with Crippen LogP contribution in [0.25, 0.3) is 0 Å². The molecule has 104 valence electrons. The van der Waals surface area contributed by atoms with E-state index < -0.39 is 0 Å². The molecule has 0 radical (unpaired) electrons. The molecule has 0 saturated heterocycles. The highest BCUT2D eigenvalue weighted by Gasteiger charge is 2.18. The first-order chi connectivity index (χ1) is 9.26. The molecule has 1 aromatic rings. The molecule has 19 heavy (non-hydrogen) atoms. The third-order valence-corrected chi connectivity index (χ3v) is 3.72. The molecule has 0 atom stereocenters. The number of aryl methyl sites for hydroxylation is 2.